The predicted molar refractivity (Wildman–Crippen MR) is 102 cm³/mol. The SMILES string of the molecule is O=C(CN1C(=O)[C@H]2CCCC[C@H]2C1=O)N1CCC(Nc2ccc(F)cc2)CC1. The Bertz CT molecular complexity index is 735. The minimum absolute atomic E-state index is 0.124. The van der Waals surface area contributed by atoms with Crippen LogP contribution in [0.25, 0.3) is 0 Å². The molecule has 150 valence electrons. The lowest BCUT2D eigenvalue weighted by Crippen LogP contribution is -2.47. The Hall–Kier alpha value is -2.44. The summed E-state index contributed by atoms with van der Waals surface area (Å²) >= 11 is 0. The number of nitrogens with zero attached hydrogens (tertiary/aromatic N) is 2. The molecule has 4 rings (SSSR count). The summed E-state index contributed by atoms with van der Waals surface area (Å²) < 4.78 is 13.0. The van der Waals surface area contributed by atoms with Crippen molar-refractivity contribution in [2.24, 2.45) is 11.8 Å². The predicted octanol–water partition coefficient (Wildman–Crippen LogP) is 2.40. The number of nitrogens with one attached hydrogen (secondary N) is 1. The van der Waals surface area contributed by atoms with Crippen molar-refractivity contribution in [1.29, 1.82) is 0 Å². The molecular weight excluding hydrogens is 361 g/mol. The summed E-state index contributed by atoms with van der Waals surface area (Å²) in [7, 11) is 0. The first-order valence-electron chi connectivity index (χ1n) is 10.2. The van der Waals surface area contributed by atoms with Gasteiger partial charge in [0.1, 0.15) is 12.4 Å². The van der Waals surface area contributed by atoms with Gasteiger partial charge in [0.15, 0.2) is 0 Å². The molecule has 6 nitrogen and oxygen atoms in total. The molecule has 7 heteroatoms. The summed E-state index contributed by atoms with van der Waals surface area (Å²) in [6.07, 6.45) is 5.04. The van der Waals surface area contributed by atoms with Gasteiger partial charge in [-0.05, 0) is 49.9 Å². The van der Waals surface area contributed by atoms with E-state index >= 15 is 0 Å². The van der Waals surface area contributed by atoms with Crippen molar-refractivity contribution in [3.63, 3.8) is 0 Å². The van der Waals surface area contributed by atoms with Gasteiger partial charge >= 0.3 is 0 Å². The van der Waals surface area contributed by atoms with E-state index in [4.69, 9.17) is 0 Å². The molecule has 1 aliphatic carbocycles. The van der Waals surface area contributed by atoms with Crippen molar-refractivity contribution in [3.05, 3.63) is 30.1 Å². The maximum Gasteiger partial charge on any atom is 0.242 e. The molecule has 0 unspecified atom stereocenters. The van der Waals surface area contributed by atoms with Gasteiger partial charge in [0.05, 0.1) is 11.8 Å². The van der Waals surface area contributed by atoms with Crippen molar-refractivity contribution < 1.29 is 18.8 Å². The topological polar surface area (TPSA) is 69.7 Å². The highest BCUT2D eigenvalue weighted by molar-refractivity contribution is 6.07. The molecule has 0 aromatic heterocycles. The number of carbonyl (C=O) groups excluding carboxylic acids is 3. The van der Waals surface area contributed by atoms with E-state index < -0.39 is 0 Å². The van der Waals surface area contributed by atoms with E-state index in [1.807, 2.05) is 0 Å². The Kier molecular flexibility index (Phi) is 5.33. The molecule has 3 amide bonds. The number of rotatable bonds is 4. The number of carbonyl (C=O) groups is 3. The second kappa shape index (κ2) is 7.89. The molecule has 1 aromatic rings. The number of benzene rings is 1. The van der Waals surface area contributed by atoms with Gasteiger partial charge in [0, 0.05) is 24.8 Å². The van der Waals surface area contributed by atoms with Gasteiger partial charge < -0.3 is 10.2 Å². The standard InChI is InChI=1S/C21H26FN3O3/c22-14-5-7-15(8-6-14)23-16-9-11-24(12-10-16)19(26)13-25-20(27)17-3-1-2-4-18(17)21(25)28/h5-8,16-18,23H,1-4,9-13H2/t17-,18+. The summed E-state index contributed by atoms with van der Waals surface area (Å²) in [5.74, 6) is -1.15. The van der Waals surface area contributed by atoms with Gasteiger partial charge in [-0.25, -0.2) is 4.39 Å². The fraction of sp³-hybridized carbons (Fsp3) is 0.571. The number of piperidine rings is 1. The number of likely N-dealkylation sites (tertiary alicyclic amines) is 2. The van der Waals surface area contributed by atoms with Crippen LogP contribution in [0.2, 0.25) is 0 Å². The first-order chi connectivity index (χ1) is 13.5. The van der Waals surface area contributed by atoms with Crippen LogP contribution in [0.1, 0.15) is 38.5 Å². The van der Waals surface area contributed by atoms with Gasteiger partial charge in [-0.1, -0.05) is 12.8 Å². The number of fused-ring (bicyclic) bond motifs is 1. The normalized spacial score (nSPS) is 25.8. The van der Waals surface area contributed by atoms with Crippen molar-refractivity contribution in [3.8, 4) is 0 Å². The summed E-state index contributed by atoms with van der Waals surface area (Å²) in [6.45, 7) is 1.04. The average molecular weight is 387 g/mol. The highest BCUT2D eigenvalue weighted by Gasteiger charge is 2.48. The Balaban J connectivity index is 1.29. The molecule has 1 saturated carbocycles. The third-order valence-corrected chi connectivity index (χ3v) is 6.29. The van der Waals surface area contributed by atoms with Gasteiger partial charge in [-0.15, -0.1) is 0 Å². The Morgan fingerprint density at radius 2 is 1.54 bits per heavy atom. The van der Waals surface area contributed by atoms with Crippen molar-refractivity contribution in [1.82, 2.24) is 9.80 Å². The van der Waals surface area contributed by atoms with Crippen LogP contribution in [0.3, 0.4) is 0 Å². The fourth-order valence-electron chi connectivity index (χ4n) is 4.68. The molecule has 2 aliphatic heterocycles. The molecule has 28 heavy (non-hydrogen) atoms. The van der Waals surface area contributed by atoms with E-state index in [0.29, 0.717) is 13.1 Å². The second-order valence-corrected chi connectivity index (χ2v) is 8.07. The van der Waals surface area contributed by atoms with Crippen LogP contribution in [-0.4, -0.2) is 53.2 Å². The number of halogens is 1. The lowest BCUT2D eigenvalue weighted by atomic mass is 9.81. The molecule has 3 fully saturated rings. The van der Waals surface area contributed by atoms with Crippen molar-refractivity contribution in [2.45, 2.75) is 44.6 Å². The highest BCUT2D eigenvalue weighted by atomic mass is 19.1. The lowest BCUT2D eigenvalue weighted by molar-refractivity contribution is -0.147. The second-order valence-electron chi connectivity index (χ2n) is 8.07. The van der Waals surface area contributed by atoms with Gasteiger partial charge in [0.25, 0.3) is 0 Å². The molecule has 2 heterocycles. The molecular formula is C21H26FN3O3. The zero-order chi connectivity index (χ0) is 19.7. The number of hydrogen-bond donors (Lipinski definition) is 1. The van der Waals surface area contributed by atoms with Crippen LogP contribution in [0.4, 0.5) is 10.1 Å². The minimum atomic E-state index is -0.267. The Morgan fingerprint density at radius 1 is 0.964 bits per heavy atom. The van der Waals surface area contributed by atoms with Crippen LogP contribution >= 0.6 is 0 Å². The van der Waals surface area contributed by atoms with Crippen LogP contribution in [0.5, 0.6) is 0 Å². The third-order valence-electron chi connectivity index (χ3n) is 6.29. The molecule has 2 saturated heterocycles. The van der Waals surface area contributed by atoms with Crippen LogP contribution < -0.4 is 5.32 Å². The average Bonchev–Trinajstić information content (AvgIpc) is 2.95. The quantitative estimate of drug-likeness (QED) is 0.806. The first-order valence-corrected chi connectivity index (χ1v) is 10.2. The number of amides is 3. The molecule has 0 spiro atoms. The molecule has 0 bridgehead atoms. The zero-order valence-electron chi connectivity index (χ0n) is 15.9. The fourth-order valence-corrected chi connectivity index (χ4v) is 4.68. The van der Waals surface area contributed by atoms with Crippen LogP contribution in [-0.2, 0) is 14.4 Å². The summed E-state index contributed by atoms with van der Waals surface area (Å²) in [6, 6.07) is 6.46. The third kappa shape index (κ3) is 3.75. The maximum atomic E-state index is 13.0. The maximum absolute atomic E-state index is 13.0. The monoisotopic (exact) mass is 387 g/mol. The molecule has 1 N–H and O–H groups in total. The molecule has 1 aromatic carbocycles. The number of anilines is 1. The van der Waals surface area contributed by atoms with Crippen molar-refractivity contribution in [2.75, 3.05) is 25.0 Å². The van der Waals surface area contributed by atoms with Crippen LogP contribution in [0.15, 0.2) is 24.3 Å². The summed E-state index contributed by atoms with van der Waals surface area (Å²) in [5, 5.41) is 3.37. The smallest absolute Gasteiger partial charge is 0.242 e. The molecule has 2 atom stereocenters. The van der Waals surface area contributed by atoms with E-state index in [9.17, 15) is 18.8 Å². The van der Waals surface area contributed by atoms with Gasteiger partial charge in [-0.3, -0.25) is 19.3 Å². The lowest BCUT2D eigenvalue weighted by Gasteiger charge is -2.33. The Morgan fingerprint density at radius 3 is 2.11 bits per heavy atom. The Labute approximate surface area is 164 Å². The van der Waals surface area contributed by atoms with E-state index in [-0.39, 0.29) is 48.0 Å². The summed E-state index contributed by atoms with van der Waals surface area (Å²) in [5.41, 5.74) is 0.863. The van der Waals surface area contributed by atoms with Crippen LogP contribution in [0, 0.1) is 17.7 Å². The van der Waals surface area contributed by atoms with E-state index in [2.05, 4.69) is 5.32 Å². The molecule has 3 aliphatic rings. The molecule has 0 radical (unpaired) electrons. The van der Waals surface area contributed by atoms with E-state index in [1.165, 1.54) is 17.0 Å². The van der Waals surface area contributed by atoms with Gasteiger partial charge in [-0.2, -0.15) is 0 Å². The highest BCUT2D eigenvalue weighted by Crippen LogP contribution is 2.37. The largest absolute Gasteiger partial charge is 0.382 e. The van der Waals surface area contributed by atoms with Gasteiger partial charge in [0.2, 0.25) is 17.7 Å². The van der Waals surface area contributed by atoms with Crippen molar-refractivity contribution >= 4 is 23.4 Å². The van der Waals surface area contributed by atoms with E-state index in [0.717, 1.165) is 44.2 Å². The summed E-state index contributed by atoms with van der Waals surface area (Å²) in [4.78, 5) is 40.7. The number of imide groups is 1. The number of hydrogen-bond acceptors (Lipinski definition) is 4. The zero-order valence-corrected chi connectivity index (χ0v) is 15.9. The van der Waals surface area contributed by atoms with E-state index in [1.54, 1.807) is 17.0 Å². The first kappa shape index (κ1) is 18.9. The minimum Gasteiger partial charge on any atom is -0.382 e.